The molecule has 1 atom stereocenters. The first-order valence-electron chi connectivity index (χ1n) is 12.4. The second-order valence-electron chi connectivity index (χ2n) is 9.35. The van der Waals surface area contributed by atoms with Crippen LogP contribution in [0.4, 0.5) is 4.39 Å². The molecule has 1 aliphatic heterocycles. The largest absolute Gasteiger partial charge is 0.493 e. The van der Waals surface area contributed by atoms with E-state index in [0.717, 1.165) is 61.5 Å². The van der Waals surface area contributed by atoms with Gasteiger partial charge in [-0.1, -0.05) is 18.2 Å². The summed E-state index contributed by atoms with van der Waals surface area (Å²) < 4.78 is 39.2. The number of ether oxygens (including phenoxy) is 4. The summed E-state index contributed by atoms with van der Waals surface area (Å²) in [4.78, 5) is 2.42. The number of benzene rings is 2. The first-order chi connectivity index (χ1) is 17.5. The number of hydrogen-bond acceptors (Lipinski definition) is 6. The second kappa shape index (κ2) is 12.2. The van der Waals surface area contributed by atoms with Crippen LogP contribution < -0.4 is 14.2 Å². The number of nitrogens with zero attached hydrogens (tertiary/aromatic N) is 3. The molecule has 8 heteroatoms. The maximum atomic E-state index is 14.0. The molecule has 0 N–H and O–H groups in total. The number of aromatic nitrogens is 2. The van der Waals surface area contributed by atoms with Crippen molar-refractivity contribution in [3.8, 4) is 17.2 Å². The number of rotatable bonds is 11. The minimum Gasteiger partial charge on any atom is -0.493 e. The van der Waals surface area contributed by atoms with Gasteiger partial charge in [-0.2, -0.15) is 5.10 Å². The molecule has 1 saturated heterocycles. The molecule has 36 heavy (non-hydrogen) atoms. The Kier molecular flexibility index (Phi) is 8.83. The van der Waals surface area contributed by atoms with Crippen LogP contribution in [0.2, 0.25) is 0 Å². The molecule has 2 aromatic carbocycles. The lowest BCUT2D eigenvalue weighted by atomic mass is 9.95. The van der Waals surface area contributed by atoms with Crippen LogP contribution >= 0.6 is 0 Å². The Morgan fingerprint density at radius 3 is 2.61 bits per heavy atom. The second-order valence-corrected chi connectivity index (χ2v) is 9.35. The van der Waals surface area contributed by atoms with Gasteiger partial charge in [-0.05, 0) is 68.1 Å². The van der Waals surface area contributed by atoms with Gasteiger partial charge < -0.3 is 18.9 Å². The molecule has 0 radical (unpaired) electrons. The molecule has 0 unspecified atom stereocenters. The lowest BCUT2D eigenvalue weighted by molar-refractivity contribution is -0.0548. The molecular formula is C28H36FN3O4. The number of aryl methyl sites for hydroxylation is 1. The van der Waals surface area contributed by atoms with Gasteiger partial charge in [0.25, 0.3) is 0 Å². The average molecular weight is 498 g/mol. The Morgan fingerprint density at radius 1 is 1.00 bits per heavy atom. The zero-order valence-electron chi connectivity index (χ0n) is 21.4. The summed E-state index contributed by atoms with van der Waals surface area (Å²) in [5.74, 6) is 1.37. The van der Waals surface area contributed by atoms with Gasteiger partial charge in [0.15, 0.2) is 23.1 Å². The van der Waals surface area contributed by atoms with Crippen molar-refractivity contribution >= 4 is 0 Å². The maximum Gasteiger partial charge on any atom is 0.165 e. The molecule has 0 aliphatic carbocycles. The van der Waals surface area contributed by atoms with E-state index in [1.54, 1.807) is 32.4 Å². The quantitative estimate of drug-likeness (QED) is 0.377. The number of likely N-dealkylation sites (tertiary alicyclic amines) is 1. The standard InChI is InChI=1S/C28H36FN3O4/c1-22-18-30-32(19-22)15-16-35-26-10-9-23(17-27(26)33-2)20-31-13-6-11-28(34-3,12-14-31)21-36-25-8-5-4-7-24(25)29/h4-5,7-10,17-19H,6,11-16,20-21H2,1-3H3/t28-/m1/s1. The van der Waals surface area contributed by atoms with Crippen molar-refractivity contribution in [2.45, 2.75) is 44.9 Å². The van der Waals surface area contributed by atoms with Gasteiger partial charge in [-0.25, -0.2) is 4.39 Å². The molecule has 0 spiro atoms. The zero-order valence-corrected chi connectivity index (χ0v) is 21.4. The van der Waals surface area contributed by atoms with Crippen molar-refractivity contribution in [3.05, 3.63) is 71.8 Å². The van der Waals surface area contributed by atoms with Gasteiger partial charge in [-0.3, -0.25) is 9.58 Å². The Bertz CT molecular complexity index is 1120. The molecule has 4 rings (SSSR count). The SMILES string of the molecule is COc1cc(CN2CCC[C@@](COc3ccccc3F)(OC)CC2)ccc1OCCn1cc(C)cn1. The van der Waals surface area contributed by atoms with Gasteiger partial charge in [0.1, 0.15) is 18.8 Å². The Balaban J connectivity index is 1.31. The molecule has 0 amide bonds. The summed E-state index contributed by atoms with van der Waals surface area (Å²) in [6, 6.07) is 12.6. The highest BCUT2D eigenvalue weighted by Crippen LogP contribution is 2.31. The predicted octanol–water partition coefficient (Wildman–Crippen LogP) is 4.87. The van der Waals surface area contributed by atoms with Gasteiger partial charge in [0.05, 0.1) is 19.9 Å². The molecule has 0 bridgehead atoms. The van der Waals surface area contributed by atoms with E-state index in [2.05, 4.69) is 16.1 Å². The van der Waals surface area contributed by atoms with Crippen LogP contribution in [0.5, 0.6) is 17.2 Å². The normalized spacial score (nSPS) is 18.6. The molecule has 194 valence electrons. The third-order valence-electron chi connectivity index (χ3n) is 6.73. The molecule has 1 fully saturated rings. The molecular weight excluding hydrogens is 461 g/mol. The van der Waals surface area contributed by atoms with Crippen LogP contribution in [-0.2, 0) is 17.8 Å². The van der Waals surface area contributed by atoms with E-state index in [1.165, 1.54) is 6.07 Å². The highest BCUT2D eigenvalue weighted by molar-refractivity contribution is 5.43. The van der Waals surface area contributed by atoms with Crippen molar-refractivity contribution in [3.63, 3.8) is 0 Å². The lowest BCUT2D eigenvalue weighted by Crippen LogP contribution is -2.39. The summed E-state index contributed by atoms with van der Waals surface area (Å²) in [6.07, 6.45) is 6.48. The van der Waals surface area contributed by atoms with Crippen molar-refractivity contribution in [2.24, 2.45) is 0 Å². The molecule has 7 nitrogen and oxygen atoms in total. The van der Waals surface area contributed by atoms with Crippen LogP contribution in [-0.4, -0.2) is 60.8 Å². The minimum atomic E-state index is -0.431. The fourth-order valence-electron chi connectivity index (χ4n) is 4.59. The highest BCUT2D eigenvalue weighted by atomic mass is 19.1. The minimum absolute atomic E-state index is 0.268. The van der Waals surface area contributed by atoms with Crippen LogP contribution in [0.1, 0.15) is 30.4 Å². The van der Waals surface area contributed by atoms with E-state index in [-0.39, 0.29) is 11.6 Å². The van der Waals surface area contributed by atoms with Crippen molar-refractivity contribution in [1.29, 1.82) is 0 Å². The van der Waals surface area contributed by atoms with E-state index in [0.29, 0.717) is 19.8 Å². The van der Waals surface area contributed by atoms with Gasteiger partial charge in [0, 0.05) is 26.4 Å². The number of para-hydroxylation sites is 1. The summed E-state index contributed by atoms with van der Waals surface area (Å²) in [6.45, 7) is 6.15. The van der Waals surface area contributed by atoms with Gasteiger partial charge >= 0.3 is 0 Å². The highest BCUT2D eigenvalue weighted by Gasteiger charge is 2.34. The molecule has 1 aromatic heterocycles. The topological polar surface area (TPSA) is 58.0 Å². The van der Waals surface area contributed by atoms with E-state index in [1.807, 2.05) is 36.1 Å². The number of halogens is 1. The van der Waals surface area contributed by atoms with Crippen LogP contribution in [0, 0.1) is 12.7 Å². The van der Waals surface area contributed by atoms with Crippen LogP contribution in [0.15, 0.2) is 54.9 Å². The Labute approximate surface area is 212 Å². The van der Waals surface area contributed by atoms with Gasteiger partial charge in [0.2, 0.25) is 0 Å². The smallest absolute Gasteiger partial charge is 0.165 e. The van der Waals surface area contributed by atoms with E-state index in [9.17, 15) is 4.39 Å². The fourth-order valence-corrected chi connectivity index (χ4v) is 4.59. The Morgan fingerprint density at radius 2 is 1.86 bits per heavy atom. The fraction of sp³-hybridized carbons (Fsp3) is 0.464. The van der Waals surface area contributed by atoms with Crippen LogP contribution in [0.25, 0.3) is 0 Å². The number of methoxy groups -OCH3 is 2. The van der Waals surface area contributed by atoms with Crippen molar-refractivity contribution in [1.82, 2.24) is 14.7 Å². The maximum absolute atomic E-state index is 14.0. The summed E-state index contributed by atoms with van der Waals surface area (Å²) >= 11 is 0. The molecule has 3 aromatic rings. The third kappa shape index (κ3) is 6.77. The zero-order chi connectivity index (χ0) is 25.4. The van der Waals surface area contributed by atoms with Crippen molar-refractivity contribution in [2.75, 3.05) is 40.5 Å². The molecule has 2 heterocycles. The van der Waals surface area contributed by atoms with Crippen molar-refractivity contribution < 1.29 is 23.3 Å². The van der Waals surface area contributed by atoms with Gasteiger partial charge in [-0.15, -0.1) is 0 Å². The summed E-state index contributed by atoms with van der Waals surface area (Å²) in [5.41, 5.74) is 1.86. The Hall–Kier alpha value is -3.10. The monoisotopic (exact) mass is 497 g/mol. The van der Waals surface area contributed by atoms with E-state index in [4.69, 9.17) is 18.9 Å². The summed E-state index contributed by atoms with van der Waals surface area (Å²) in [5, 5.41) is 4.29. The van der Waals surface area contributed by atoms with Crippen LogP contribution in [0.3, 0.4) is 0 Å². The molecule has 1 aliphatic rings. The predicted molar refractivity (Wildman–Crippen MR) is 136 cm³/mol. The van der Waals surface area contributed by atoms with E-state index < -0.39 is 5.60 Å². The van der Waals surface area contributed by atoms with E-state index >= 15 is 0 Å². The first-order valence-corrected chi connectivity index (χ1v) is 12.4. The summed E-state index contributed by atoms with van der Waals surface area (Å²) in [7, 11) is 3.38. The number of hydrogen-bond donors (Lipinski definition) is 0. The lowest BCUT2D eigenvalue weighted by Gasteiger charge is -2.31. The first kappa shape index (κ1) is 26.0. The molecule has 0 saturated carbocycles. The third-order valence-corrected chi connectivity index (χ3v) is 6.73. The average Bonchev–Trinajstić information content (AvgIpc) is 3.20.